The topological polar surface area (TPSA) is 60.9 Å². The maximum Gasteiger partial charge on any atom is 0.327 e. The van der Waals surface area contributed by atoms with Gasteiger partial charge in [0.15, 0.2) is 0 Å². The summed E-state index contributed by atoms with van der Waals surface area (Å²) in [7, 11) is 1.63. The van der Waals surface area contributed by atoms with E-state index in [2.05, 4.69) is 6.58 Å². The predicted octanol–water partition coefficient (Wildman–Crippen LogP) is 1.74. The van der Waals surface area contributed by atoms with Crippen LogP contribution in [0.4, 0.5) is 10.5 Å². The van der Waals surface area contributed by atoms with Crippen LogP contribution in [0.2, 0.25) is 0 Å². The first kappa shape index (κ1) is 13.1. The number of likely N-dealkylation sites (N-methyl/N-ethyl adjacent to an activating group) is 1. The number of nitrogens with zero attached hydrogens (tertiary/aromatic N) is 2. The highest BCUT2D eigenvalue weighted by molar-refractivity contribution is 6.01. The lowest BCUT2D eigenvalue weighted by Crippen LogP contribution is -2.48. The standard InChI is InChI=1S/C14H16N2O3/c1-3-8-15(2)14(19)16-11-7-5-4-6-10(11)9-12(16)13(17)18/h3-7,12H,1,8-9H2,2H3,(H,17,18). The Bertz CT molecular complexity index is 527. The fraction of sp³-hybridized carbons (Fsp3) is 0.286. The molecule has 0 aliphatic carbocycles. The average molecular weight is 260 g/mol. The molecule has 1 heterocycles. The zero-order valence-corrected chi connectivity index (χ0v) is 10.7. The molecule has 0 saturated carbocycles. The number of hydrogen-bond acceptors (Lipinski definition) is 2. The second-order valence-electron chi connectivity index (χ2n) is 4.51. The molecule has 1 unspecified atom stereocenters. The third-order valence-corrected chi connectivity index (χ3v) is 3.20. The molecule has 1 atom stereocenters. The van der Waals surface area contributed by atoms with Gasteiger partial charge in [-0.2, -0.15) is 0 Å². The van der Waals surface area contributed by atoms with Gasteiger partial charge in [0.2, 0.25) is 0 Å². The van der Waals surface area contributed by atoms with Crippen LogP contribution in [0.25, 0.3) is 0 Å². The van der Waals surface area contributed by atoms with Gasteiger partial charge >= 0.3 is 12.0 Å². The molecule has 0 radical (unpaired) electrons. The highest BCUT2D eigenvalue weighted by Gasteiger charge is 2.39. The molecule has 0 bridgehead atoms. The van der Waals surface area contributed by atoms with Crippen molar-refractivity contribution in [3.05, 3.63) is 42.5 Å². The molecule has 100 valence electrons. The van der Waals surface area contributed by atoms with Gasteiger partial charge in [0.25, 0.3) is 0 Å². The van der Waals surface area contributed by atoms with Gasteiger partial charge in [0.05, 0.1) is 0 Å². The van der Waals surface area contributed by atoms with Gasteiger partial charge in [-0.1, -0.05) is 24.3 Å². The summed E-state index contributed by atoms with van der Waals surface area (Å²) in [5.41, 5.74) is 1.56. The van der Waals surface area contributed by atoms with E-state index in [0.717, 1.165) is 5.56 Å². The minimum Gasteiger partial charge on any atom is -0.480 e. The molecule has 1 aromatic carbocycles. The first-order valence-corrected chi connectivity index (χ1v) is 6.02. The Labute approximate surface area is 111 Å². The zero-order valence-electron chi connectivity index (χ0n) is 10.7. The van der Waals surface area contributed by atoms with E-state index in [1.165, 1.54) is 9.80 Å². The van der Waals surface area contributed by atoms with Crippen molar-refractivity contribution in [3.8, 4) is 0 Å². The lowest BCUT2D eigenvalue weighted by atomic mass is 10.1. The molecular formula is C14H16N2O3. The van der Waals surface area contributed by atoms with E-state index in [0.29, 0.717) is 18.7 Å². The molecule has 19 heavy (non-hydrogen) atoms. The molecule has 1 aromatic rings. The highest BCUT2D eigenvalue weighted by atomic mass is 16.4. The molecule has 2 amide bonds. The van der Waals surface area contributed by atoms with E-state index in [1.54, 1.807) is 25.3 Å². The van der Waals surface area contributed by atoms with Crippen LogP contribution in [-0.2, 0) is 11.2 Å². The molecule has 0 fully saturated rings. The fourth-order valence-corrected chi connectivity index (χ4v) is 2.28. The Morgan fingerprint density at radius 1 is 1.53 bits per heavy atom. The number of hydrogen-bond donors (Lipinski definition) is 1. The molecule has 0 spiro atoms. The number of fused-ring (bicyclic) bond motifs is 1. The summed E-state index contributed by atoms with van der Waals surface area (Å²) in [4.78, 5) is 26.5. The Kier molecular flexibility index (Phi) is 3.55. The van der Waals surface area contributed by atoms with Crippen molar-refractivity contribution in [2.45, 2.75) is 12.5 Å². The molecule has 2 rings (SSSR count). The van der Waals surface area contributed by atoms with Crippen molar-refractivity contribution in [3.63, 3.8) is 0 Å². The lowest BCUT2D eigenvalue weighted by Gasteiger charge is -2.27. The van der Waals surface area contributed by atoms with Gasteiger partial charge in [-0.3, -0.25) is 4.90 Å². The number of aliphatic carboxylic acids is 1. The summed E-state index contributed by atoms with van der Waals surface area (Å²) in [5, 5.41) is 9.28. The smallest absolute Gasteiger partial charge is 0.327 e. The van der Waals surface area contributed by atoms with Gasteiger partial charge in [-0.25, -0.2) is 9.59 Å². The van der Waals surface area contributed by atoms with Crippen molar-refractivity contribution < 1.29 is 14.7 Å². The van der Waals surface area contributed by atoms with Gasteiger partial charge in [0, 0.05) is 25.7 Å². The van der Waals surface area contributed by atoms with E-state index in [-0.39, 0.29) is 6.03 Å². The Hall–Kier alpha value is -2.30. The van der Waals surface area contributed by atoms with E-state index >= 15 is 0 Å². The number of para-hydroxylation sites is 1. The van der Waals surface area contributed by atoms with Crippen LogP contribution in [0, 0.1) is 0 Å². The van der Waals surface area contributed by atoms with Crippen LogP contribution in [0.15, 0.2) is 36.9 Å². The Morgan fingerprint density at radius 2 is 2.21 bits per heavy atom. The number of carbonyl (C=O) groups is 2. The summed E-state index contributed by atoms with van der Waals surface area (Å²) in [6, 6.07) is 6.12. The van der Waals surface area contributed by atoms with Crippen molar-refractivity contribution in [1.29, 1.82) is 0 Å². The Balaban J connectivity index is 2.36. The number of rotatable bonds is 3. The summed E-state index contributed by atoms with van der Waals surface area (Å²) in [6.45, 7) is 3.96. The molecule has 5 heteroatoms. The van der Waals surface area contributed by atoms with Crippen LogP contribution in [0.5, 0.6) is 0 Å². The third-order valence-electron chi connectivity index (χ3n) is 3.20. The van der Waals surface area contributed by atoms with Crippen molar-refractivity contribution in [1.82, 2.24) is 4.90 Å². The largest absolute Gasteiger partial charge is 0.480 e. The van der Waals surface area contributed by atoms with Crippen LogP contribution in [0.1, 0.15) is 5.56 Å². The van der Waals surface area contributed by atoms with Gasteiger partial charge in [-0.15, -0.1) is 6.58 Å². The van der Waals surface area contributed by atoms with Crippen LogP contribution in [0.3, 0.4) is 0 Å². The number of carboxylic acid groups (broad SMARTS) is 1. The first-order valence-electron chi connectivity index (χ1n) is 6.02. The number of urea groups is 1. The second-order valence-corrected chi connectivity index (χ2v) is 4.51. The maximum absolute atomic E-state index is 12.4. The quantitative estimate of drug-likeness (QED) is 0.842. The average Bonchev–Trinajstić information content (AvgIpc) is 2.77. The maximum atomic E-state index is 12.4. The summed E-state index contributed by atoms with van der Waals surface area (Å²) in [6.07, 6.45) is 1.95. The minimum absolute atomic E-state index is 0.322. The van der Waals surface area contributed by atoms with Gasteiger partial charge in [0.1, 0.15) is 6.04 Å². The zero-order chi connectivity index (χ0) is 14.0. The summed E-state index contributed by atoms with van der Waals surface area (Å²) >= 11 is 0. The minimum atomic E-state index is -0.989. The molecular weight excluding hydrogens is 244 g/mol. The molecule has 1 aliphatic rings. The van der Waals surface area contributed by atoms with Crippen LogP contribution >= 0.6 is 0 Å². The third kappa shape index (κ3) is 2.31. The molecule has 1 aliphatic heterocycles. The first-order chi connectivity index (χ1) is 9.06. The van der Waals surface area contributed by atoms with Gasteiger partial charge in [-0.05, 0) is 11.6 Å². The monoisotopic (exact) mass is 260 g/mol. The molecule has 1 N–H and O–H groups in total. The Morgan fingerprint density at radius 3 is 2.84 bits per heavy atom. The number of benzene rings is 1. The van der Waals surface area contributed by atoms with Crippen molar-refractivity contribution in [2.24, 2.45) is 0 Å². The summed E-state index contributed by atoms with van der Waals surface area (Å²) < 4.78 is 0. The number of carbonyl (C=O) groups excluding carboxylic acids is 1. The second kappa shape index (κ2) is 5.14. The molecule has 0 saturated heterocycles. The van der Waals surface area contributed by atoms with E-state index in [9.17, 15) is 14.7 Å². The normalized spacial score (nSPS) is 16.9. The summed E-state index contributed by atoms with van der Waals surface area (Å²) in [5.74, 6) is -0.989. The number of amides is 2. The fourth-order valence-electron chi connectivity index (χ4n) is 2.28. The molecule has 0 aromatic heterocycles. The lowest BCUT2D eigenvalue weighted by molar-refractivity contribution is -0.138. The van der Waals surface area contributed by atoms with E-state index in [1.807, 2.05) is 12.1 Å². The number of carboxylic acids is 1. The van der Waals surface area contributed by atoms with Crippen molar-refractivity contribution in [2.75, 3.05) is 18.5 Å². The van der Waals surface area contributed by atoms with Crippen LogP contribution in [-0.4, -0.2) is 41.6 Å². The number of anilines is 1. The predicted molar refractivity (Wildman–Crippen MR) is 72.3 cm³/mol. The molecule has 5 nitrogen and oxygen atoms in total. The highest BCUT2D eigenvalue weighted by Crippen LogP contribution is 2.32. The van der Waals surface area contributed by atoms with E-state index in [4.69, 9.17) is 0 Å². The van der Waals surface area contributed by atoms with Crippen molar-refractivity contribution >= 4 is 17.7 Å². The van der Waals surface area contributed by atoms with Gasteiger partial charge < -0.3 is 10.0 Å². The SMILES string of the molecule is C=CCN(C)C(=O)N1c2ccccc2CC1C(=O)O. The van der Waals surface area contributed by atoms with E-state index < -0.39 is 12.0 Å². The van der Waals surface area contributed by atoms with Crippen LogP contribution < -0.4 is 4.90 Å².